The molecule has 1 atom stereocenters. The van der Waals surface area contributed by atoms with Crippen LogP contribution in [0.4, 0.5) is 0 Å². The van der Waals surface area contributed by atoms with Crippen LogP contribution in [0.15, 0.2) is 61.3 Å². The fraction of sp³-hybridized carbons (Fsp3) is 0.250. The van der Waals surface area contributed by atoms with Crippen molar-refractivity contribution >= 4 is 21.1 Å². The lowest BCUT2D eigenvalue weighted by Gasteiger charge is -2.11. The molecule has 3 heterocycles. The Morgan fingerprint density at radius 1 is 1.14 bits per heavy atom. The second kappa shape index (κ2) is 7.76. The molecule has 3 aromatic heterocycles. The van der Waals surface area contributed by atoms with Crippen LogP contribution < -0.4 is 0 Å². The van der Waals surface area contributed by atoms with Crippen LogP contribution in [0.5, 0.6) is 0 Å². The van der Waals surface area contributed by atoms with Crippen molar-refractivity contribution in [1.82, 2.24) is 23.7 Å². The van der Waals surface area contributed by atoms with E-state index in [1.165, 1.54) is 16.5 Å². The second-order valence-corrected chi connectivity index (χ2v) is 8.42. The van der Waals surface area contributed by atoms with Crippen LogP contribution in [0.1, 0.15) is 25.6 Å². The quantitative estimate of drug-likeness (QED) is 0.464. The van der Waals surface area contributed by atoms with Gasteiger partial charge < -0.3 is 4.74 Å². The summed E-state index contributed by atoms with van der Waals surface area (Å²) in [5, 5.41) is 4.98. The summed E-state index contributed by atoms with van der Waals surface area (Å²) in [5.41, 5.74) is 2.45. The summed E-state index contributed by atoms with van der Waals surface area (Å²) in [5.74, 6) is -0.110. The van der Waals surface area contributed by atoms with Gasteiger partial charge in [0.1, 0.15) is 12.6 Å². The largest absolute Gasteiger partial charge is 0.357 e. The van der Waals surface area contributed by atoms with Crippen molar-refractivity contribution in [2.24, 2.45) is 0 Å². The van der Waals surface area contributed by atoms with E-state index in [0.717, 1.165) is 11.1 Å². The predicted molar refractivity (Wildman–Crippen MR) is 110 cm³/mol. The molecule has 150 valence electrons. The van der Waals surface area contributed by atoms with Gasteiger partial charge in [0.2, 0.25) is 10.0 Å². The Bertz CT molecular complexity index is 1230. The molecule has 1 unspecified atom stereocenters. The zero-order valence-corrected chi connectivity index (χ0v) is 17.0. The van der Waals surface area contributed by atoms with Gasteiger partial charge in [0, 0.05) is 30.0 Å². The Balaban J connectivity index is 1.72. The highest BCUT2D eigenvalue weighted by molar-refractivity contribution is 7.89. The van der Waals surface area contributed by atoms with Gasteiger partial charge in [-0.05, 0) is 25.5 Å². The van der Waals surface area contributed by atoms with Gasteiger partial charge in [0.15, 0.2) is 5.65 Å². The van der Waals surface area contributed by atoms with Crippen molar-refractivity contribution < 1.29 is 13.2 Å². The van der Waals surface area contributed by atoms with Crippen LogP contribution in [0.3, 0.4) is 0 Å². The van der Waals surface area contributed by atoms with E-state index in [9.17, 15) is 8.42 Å². The van der Waals surface area contributed by atoms with Crippen molar-refractivity contribution in [2.75, 3.05) is 6.61 Å². The number of hydrogen-bond donors (Lipinski definition) is 0. The molecule has 8 nitrogen and oxygen atoms in total. The molecule has 1 aromatic carbocycles. The van der Waals surface area contributed by atoms with E-state index in [2.05, 4.69) is 15.1 Å². The molecule has 0 bridgehead atoms. The summed E-state index contributed by atoms with van der Waals surface area (Å²) in [6, 6.07) is 10.8. The first-order chi connectivity index (χ1) is 14.0. The number of benzene rings is 1. The van der Waals surface area contributed by atoms with E-state index < -0.39 is 10.0 Å². The molecule has 9 heteroatoms. The smallest absolute Gasteiger partial charge is 0.244 e. The minimum absolute atomic E-state index is 0.110. The number of nitrogens with zero attached hydrogens (tertiary/aromatic N) is 5. The van der Waals surface area contributed by atoms with E-state index in [4.69, 9.17) is 4.74 Å². The lowest BCUT2D eigenvalue weighted by Crippen LogP contribution is -2.14. The molecular formula is C20H21N5O3S. The topological polar surface area (TPSA) is 91.9 Å². The van der Waals surface area contributed by atoms with E-state index in [0.29, 0.717) is 23.3 Å². The molecule has 0 saturated carbocycles. The third-order valence-corrected chi connectivity index (χ3v) is 6.19. The Morgan fingerprint density at radius 2 is 1.93 bits per heavy atom. The number of hydrogen-bond acceptors (Lipinski definition) is 6. The maximum atomic E-state index is 13.0. The molecule has 0 saturated heterocycles. The molecule has 0 spiro atoms. The molecular weight excluding hydrogens is 390 g/mol. The highest BCUT2D eigenvalue weighted by atomic mass is 32.2. The Hall–Kier alpha value is -3.04. The maximum absolute atomic E-state index is 13.0. The molecule has 0 aliphatic rings. The lowest BCUT2D eigenvalue weighted by molar-refractivity contribution is 0.0160. The van der Waals surface area contributed by atoms with Gasteiger partial charge in [0.05, 0.1) is 17.6 Å². The summed E-state index contributed by atoms with van der Waals surface area (Å²) < 4.78 is 34.4. The average molecular weight is 411 g/mol. The number of fused-ring (bicyclic) bond motifs is 1. The predicted octanol–water partition coefficient (Wildman–Crippen LogP) is 3.23. The summed E-state index contributed by atoms with van der Waals surface area (Å²) in [6.45, 7) is 4.41. The highest BCUT2D eigenvalue weighted by Crippen LogP contribution is 2.27. The van der Waals surface area contributed by atoms with Gasteiger partial charge in [-0.15, -0.1) is 0 Å². The highest BCUT2D eigenvalue weighted by Gasteiger charge is 2.20. The van der Waals surface area contributed by atoms with Gasteiger partial charge in [-0.3, -0.25) is 0 Å². The first kappa shape index (κ1) is 19.3. The minimum atomic E-state index is -3.63. The van der Waals surface area contributed by atoms with Crippen molar-refractivity contribution in [3.63, 3.8) is 0 Å². The van der Waals surface area contributed by atoms with E-state index in [1.807, 2.05) is 38.2 Å². The molecule has 0 fully saturated rings. The van der Waals surface area contributed by atoms with Crippen LogP contribution in [0.25, 0.3) is 22.3 Å². The van der Waals surface area contributed by atoms with Crippen molar-refractivity contribution in [1.29, 1.82) is 0 Å². The molecule has 0 amide bonds. The van der Waals surface area contributed by atoms with Crippen LogP contribution in [0.2, 0.25) is 0 Å². The zero-order chi connectivity index (χ0) is 20.4. The zero-order valence-electron chi connectivity index (χ0n) is 16.1. The summed E-state index contributed by atoms with van der Waals surface area (Å²) in [4.78, 5) is 8.59. The van der Waals surface area contributed by atoms with Crippen molar-refractivity contribution in [2.45, 2.75) is 25.8 Å². The monoisotopic (exact) mass is 411 g/mol. The van der Waals surface area contributed by atoms with Crippen LogP contribution in [0, 0.1) is 0 Å². The lowest BCUT2D eigenvalue weighted by atomic mass is 10.2. The van der Waals surface area contributed by atoms with Gasteiger partial charge in [-0.25, -0.2) is 27.0 Å². The Kier molecular flexibility index (Phi) is 5.16. The van der Waals surface area contributed by atoms with Gasteiger partial charge in [-0.1, -0.05) is 30.3 Å². The molecule has 0 aliphatic carbocycles. The fourth-order valence-electron chi connectivity index (χ4n) is 3.21. The maximum Gasteiger partial charge on any atom is 0.244 e. The summed E-state index contributed by atoms with van der Waals surface area (Å²) in [6.07, 6.45) is 6.21. The Labute approximate surface area is 168 Å². The average Bonchev–Trinajstić information content (AvgIpc) is 3.36. The molecule has 0 radical (unpaired) electrons. The third-order valence-electron chi connectivity index (χ3n) is 4.60. The van der Waals surface area contributed by atoms with Crippen LogP contribution >= 0.6 is 0 Å². The van der Waals surface area contributed by atoms with Crippen molar-refractivity contribution in [3.05, 3.63) is 66.9 Å². The van der Waals surface area contributed by atoms with E-state index in [-0.39, 0.29) is 12.0 Å². The standard InChI is InChI=1S/C20H21N5O3S/c1-3-28-15(2)24-12-17(11-23-24)19-18-9-10-25(20(18)22-14-21-19)29(26,27)13-16-7-5-4-6-8-16/h4-12,14-15H,3,13H2,1-2H3. The van der Waals surface area contributed by atoms with E-state index in [1.54, 1.807) is 29.1 Å². The molecule has 29 heavy (non-hydrogen) atoms. The number of aromatic nitrogens is 5. The van der Waals surface area contributed by atoms with Gasteiger partial charge >= 0.3 is 0 Å². The van der Waals surface area contributed by atoms with E-state index >= 15 is 0 Å². The van der Waals surface area contributed by atoms with Crippen LogP contribution in [-0.4, -0.2) is 38.7 Å². The summed E-state index contributed by atoms with van der Waals surface area (Å²) in [7, 11) is -3.63. The number of rotatable bonds is 7. The fourth-order valence-corrected chi connectivity index (χ4v) is 4.62. The molecule has 4 rings (SSSR count). The molecule has 0 aliphatic heterocycles. The van der Waals surface area contributed by atoms with Gasteiger partial charge in [-0.2, -0.15) is 5.10 Å². The first-order valence-corrected chi connectivity index (χ1v) is 10.9. The molecule has 4 aromatic rings. The summed E-state index contributed by atoms with van der Waals surface area (Å²) >= 11 is 0. The SMILES string of the molecule is CCOC(C)n1cc(-c2ncnc3c2ccn3S(=O)(=O)Cc2ccccc2)cn1. The third kappa shape index (κ3) is 3.79. The number of ether oxygens (including phenoxy) is 1. The Morgan fingerprint density at radius 3 is 2.69 bits per heavy atom. The minimum Gasteiger partial charge on any atom is -0.357 e. The van der Waals surface area contributed by atoms with Gasteiger partial charge in [0.25, 0.3) is 0 Å². The van der Waals surface area contributed by atoms with Crippen LogP contribution in [-0.2, 0) is 20.5 Å². The normalized spacial score (nSPS) is 13.0. The van der Waals surface area contributed by atoms with Crippen molar-refractivity contribution in [3.8, 4) is 11.3 Å². The second-order valence-electron chi connectivity index (χ2n) is 6.58. The molecule has 0 N–H and O–H groups in total. The first-order valence-electron chi connectivity index (χ1n) is 9.25.